The maximum Gasteiger partial charge on any atom is 0.325 e. The summed E-state index contributed by atoms with van der Waals surface area (Å²) in [5.74, 6) is -0.390. The highest BCUT2D eigenvalue weighted by atomic mass is 32.2. The quantitative estimate of drug-likeness (QED) is 0.666. The minimum atomic E-state index is -0.390. The molecule has 1 aliphatic rings. The van der Waals surface area contributed by atoms with Crippen LogP contribution in [0.5, 0.6) is 0 Å². The van der Waals surface area contributed by atoms with E-state index < -0.39 is 0 Å². The summed E-state index contributed by atoms with van der Waals surface area (Å²) >= 11 is 3.12. The third-order valence-electron chi connectivity index (χ3n) is 4.36. The number of carbonyl (C=O) groups is 1. The Morgan fingerprint density at radius 3 is 2.75 bits per heavy atom. The zero-order valence-corrected chi connectivity index (χ0v) is 17.0. The maximum absolute atomic E-state index is 11.9. The van der Waals surface area contributed by atoms with Crippen LogP contribution in [-0.4, -0.2) is 29.7 Å². The number of hydrogen-bond acceptors (Lipinski definition) is 7. The van der Waals surface area contributed by atoms with E-state index in [1.807, 2.05) is 43.5 Å². The van der Waals surface area contributed by atoms with E-state index in [2.05, 4.69) is 22.0 Å². The second kappa shape index (κ2) is 7.65. The molecule has 0 aliphatic carbocycles. The lowest BCUT2D eigenvalue weighted by atomic mass is 10.3. The molecule has 2 aromatic heterocycles. The number of thioether (sulfide) groups is 1. The van der Waals surface area contributed by atoms with E-state index >= 15 is 0 Å². The van der Waals surface area contributed by atoms with E-state index in [-0.39, 0.29) is 12.5 Å². The van der Waals surface area contributed by atoms with Crippen molar-refractivity contribution in [1.82, 2.24) is 9.55 Å². The van der Waals surface area contributed by atoms with Crippen LogP contribution in [0.15, 0.2) is 53.6 Å². The van der Waals surface area contributed by atoms with Gasteiger partial charge in [0.2, 0.25) is 0 Å². The number of ether oxygens (including phenoxy) is 1. The number of nitrogens with one attached hydrogen (secondary N) is 1. The molecule has 0 saturated carbocycles. The van der Waals surface area contributed by atoms with Crippen molar-refractivity contribution in [1.29, 1.82) is 5.41 Å². The molecule has 142 valence electrons. The number of carbonyl (C=O) groups excluding carboxylic acids is 1. The van der Waals surface area contributed by atoms with Crippen molar-refractivity contribution in [2.75, 3.05) is 19.1 Å². The monoisotopic (exact) mass is 410 g/mol. The molecule has 0 unspecified atom stereocenters. The SMILES string of the molecule is COC(=O)Cn1c(=Cc2ccccn2)sc(=C2Sc3ccccc3N2C)c1=N. The van der Waals surface area contributed by atoms with Gasteiger partial charge in [-0.3, -0.25) is 15.2 Å². The standard InChI is InChI=1S/C20H18N4O2S2/c1-23-14-8-3-4-9-15(14)27-20(23)18-19(21)24(12-17(25)26-2)16(28-18)11-13-7-5-6-10-22-13/h3-11,21H,12H2,1-2H3. The smallest absolute Gasteiger partial charge is 0.325 e. The Morgan fingerprint density at radius 1 is 1.25 bits per heavy atom. The number of rotatable bonds is 3. The molecule has 0 atom stereocenters. The third kappa shape index (κ3) is 3.36. The van der Waals surface area contributed by atoms with E-state index in [1.54, 1.807) is 22.5 Å². The molecule has 0 saturated heterocycles. The van der Waals surface area contributed by atoms with Crippen LogP contribution in [0.25, 0.3) is 11.1 Å². The van der Waals surface area contributed by atoms with Crippen LogP contribution in [0.3, 0.4) is 0 Å². The summed E-state index contributed by atoms with van der Waals surface area (Å²) in [5, 5.41) is 9.71. The number of hydrogen-bond donors (Lipinski definition) is 1. The molecule has 6 nitrogen and oxygen atoms in total. The zero-order valence-electron chi connectivity index (χ0n) is 15.4. The van der Waals surface area contributed by atoms with Gasteiger partial charge >= 0.3 is 5.97 Å². The number of nitrogens with zero attached hydrogens (tertiary/aromatic N) is 3. The molecule has 0 fully saturated rings. The minimum absolute atomic E-state index is 0.0148. The number of benzene rings is 1. The van der Waals surface area contributed by atoms with Gasteiger partial charge in [0.25, 0.3) is 0 Å². The number of methoxy groups -OCH3 is 1. The average molecular weight is 411 g/mol. The lowest BCUT2D eigenvalue weighted by Gasteiger charge is -2.12. The third-order valence-corrected chi connectivity index (χ3v) is 6.87. The molecule has 3 heterocycles. The van der Waals surface area contributed by atoms with Crippen molar-refractivity contribution in [2.45, 2.75) is 11.4 Å². The Hall–Kier alpha value is -2.84. The van der Waals surface area contributed by atoms with Crippen molar-refractivity contribution in [3.63, 3.8) is 0 Å². The van der Waals surface area contributed by atoms with Gasteiger partial charge in [-0.05, 0) is 30.3 Å². The average Bonchev–Trinajstić information content (AvgIpc) is 3.20. The van der Waals surface area contributed by atoms with Crippen molar-refractivity contribution < 1.29 is 9.53 Å². The molecule has 28 heavy (non-hydrogen) atoms. The number of anilines is 1. The summed E-state index contributed by atoms with van der Waals surface area (Å²) in [5.41, 5.74) is 2.18. The summed E-state index contributed by atoms with van der Waals surface area (Å²) in [7, 11) is 3.36. The van der Waals surface area contributed by atoms with Gasteiger partial charge in [-0.25, -0.2) is 0 Å². The van der Waals surface area contributed by atoms with E-state index in [4.69, 9.17) is 10.1 Å². The van der Waals surface area contributed by atoms with Crippen LogP contribution in [0, 0.1) is 5.41 Å². The lowest BCUT2D eigenvalue weighted by Crippen LogP contribution is -2.36. The Morgan fingerprint density at radius 2 is 2.04 bits per heavy atom. The Labute approximate surface area is 169 Å². The Balaban J connectivity index is 1.94. The van der Waals surface area contributed by atoms with Gasteiger partial charge in [-0.1, -0.05) is 30.0 Å². The highest BCUT2D eigenvalue weighted by Crippen LogP contribution is 2.44. The molecule has 1 aliphatic heterocycles. The fourth-order valence-electron chi connectivity index (χ4n) is 2.93. The molecule has 0 spiro atoms. The normalized spacial score (nSPS) is 15.6. The van der Waals surface area contributed by atoms with Gasteiger partial charge in [0.05, 0.1) is 23.2 Å². The fourth-order valence-corrected chi connectivity index (χ4v) is 5.36. The van der Waals surface area contributed by atoms with E-state index in [0.29, 0.717) is 5.49 Å². The van der Waals surface area contributed by atoms with Gasteiger partial charge in [0.15, 0.2) is 0 Å². The first-order valence-corrected chi connectivity index (χ1v) is 10.2. The molecule has 3 aromatic rings. The summed E-state index contributed by atoms with van der Waals surface area (Å²) in [6, 6.07) is 13.8. The van der Waals surface area contributed by atoms with Gasteiger partial charge < -0.3 is 14.2 Å². The number of para-hydroxylation sites is 1. The van der Waals surface area contributed by atoms with Gasteiger partial charge in [0, 0.05) is 18.1 Å². The molecular weight excluding hydrogens is 392 g/mol. The van der Waals surface area contributed by atoms with Crippen LogP contribution < -0.4 is 19.6 Å². The number of fused-ring (bicyclic) bond motifs is 1. The molecule has 0 bridgehead atoms. The number of pyridine rings is 1. The van der Waals surface area contributed by atoms with Gasteiger partial charge in [-0.2, -0.15) is 0 Å². The van der Waals surface area contributed by atoms with Gasteiger partial charge in [-0.15, -0.1) is 11.3 Å². The first kappa shape index (κ1) is 18.5. The predicted molar refractivity (Wildman–Crippen MR) is 111 cm³/mol. The molecule has 8 heteroatoms. The molecule has 0 radical (unpaired) electrons. The minimum Gasteiger partial charge on any atom is -0.468 e. The highest BCUT2D eigenvalue weighted by Gasteiger charge is 2.23. The van der Waals surface area contributed by atoms with Gasteiger partial charge in [0.1, 0.15) is 21.6 Å². The van der Waals surface area contributed by atoms with Crippen LogP contribution >= 0.6 is 23.1 Å². The summed E-state index contributed by atoms with van der Waals surface area (Å²) < 4.78 is 8.10. The first-order chi connectivity index (χ1) is 13.6. The molecule has 1 N–H and O–H groups in total. The fraction of sp³-hybridized carbons (Fsp3) is 0.150. The van der Waals surface area contributed by atoms with Crippen molar-refractivity contribution >= 4 is 45.9 Å². The van der Waals surface area contributed by atoms with Crippen molar-refractivity contribution in [3.05, 3.63) is 69.0 Å². The summed E-state index contributed by atoms with van der Waals surface area (Å²) in [6.07, 6.45) is 3.61. The number of esters is 1. The van der Waals surface area contributed by atoms with E-state index in [9.17, 15) is 4.79 Å². The van der Waals surface area contributed by atoms with E-state index in [0.717, 1.165) is 30.5 Å². The lowest BCUT2D eigenvalue weighted by molar-refractivity contribution is -0.141. The highest BCUT2D eigenvalue weighted by molar-refractivity contribution is 8.08. The Kier molecular flexibility index (Phi) is 5.06. The van der Waals surface area contributed by atoms with Crippen LogP contribution in [0.2, 0.25) is 0 Å². The molecular formula is C20H18N4O2S2. The summed E-state index contributed by atoms with van der Waals surface area (Å²) in [4.78, 5) is 19.5. The predicted octanol–water partition coefficient (Wildman–Crippen LogP) is 1.73. The second-order valence-electron chi connectivity index (χ2n) is 6.11. The van der Waals surface area contributed by atoms with Crippen molar-refractivity contribution in [2.24, 2.45) is 0 Å². The van der Waals surface area contributed by atoms with Crippen LogP contribution in [0.1, 0.15) is 5.69 Å². The maximum atomic E-state index is 11.9. The number of thiazole rings is 1. The number of aromatic nitrogens is 2. The zero-order chi connectivity index (χ0) is 19.7. The molecule has 1 aromatic carbocycles. The molecule has 4 rings (SSSR count). The largest absolute Gasteiger partial charge is 0.468 e. The van der Waals surface area contributed by atoms with E-state index in [1.165, 1.54) is 18.4 Å². The second-order valence-corrected chi connectivity index (χ2v) is 8.17. The topological polar surface area (TPSA) is 71.2 Å². The van der Waals surface area contributed by atoms with Crippen LogP contribution in [0.4, 0.5) is 5.69 Å². The van der Waals surface area contributed by atoms with Crippen molar-refractivity contribution in [3.8, 4) is 0 Å². The van der Waals surface area contributed by atoms with Crippen LogP contribution in [-0.2, 0) is 16.1 Å². The first-order valence-electron chi connectivity index (χ1n) is 8.57. The molecule has 0 amide bonds. The Bertz CT molecular complexity index is 1210. The summed E-state index contributed by atoms with van der Waals surface area (Å²) in [6.45, 7) is -0.0148.